The van der Waals surface area contributed by atoms with E-state index in [1.807, 2.05) is 18.2 Å². The molecule has 14 rings (SSSR count). The monoisotopic (exact) mass is 1290 g/mol. The summed E-state index contributed by atoms with van der Waals surface area (Å²) in [6, 6.07) is 40.8. The molecule has 0 spiro atoms. The van der Waals surface area contributed by atoms with Crippen molar-refractivity contribution in [3.8, 4) is 51.8 Å². The molecule has 2 bridgehead atoms. The van der Waals surface area contributed by atoms with Crippen LogP contribution in [0.3, 0.4) is 0 Å². The van der Waals surface area contributed by atoms with E-state index in [4.69, 9.17) is 20.6 Å². The van der Waals surface area contributed by atoms with Crippen molar-refractivity contribution in [2.75, 3.05) is 13.2 Å². The molecule has 7 aromatic rings. The van der Waals surface area contributed by atoms with E-state index in [1.165, 1.54) is 180 Å². The van der Waals surface area contributed by atoms with Crippen LogP contribution in [0, 0.1) is 82.5 Å². The van der Waals surface area contributed by atoms with E-state index in [1.54, 1.807) is 19.9 Å². The molecule has 1 atom stereocenters. The third kappa shape index (κ3) is 16.8. The number of fused-ring (bicyclic) bond motifs is 10. The van der Waals surface area contributed by atoms with Crippen LogP contribution in [-0.4, -0.2) is 19.3 Å². The average molecular weight is 1290 g/mol. The summed E-state index contributed by atoms with van der Waals surface area (Å²) in [7, 11) is 0. The molecule has 0 radical (unpaired) electrons. The molecule has 508 valence electrons. The Morgan fingerprint density at radius 3 is 1.63 bits per heavy atom. The van der Waals surface area contributed by atoms with E-state index in [2.05, 4.69) is 119 Å². The van der Waals surface area contributed by atoms with Crippen LogP contribution in [0.25, 0.3) is 43.8 Å². The molecule has 6 fully saturated rings. The number of terminal acetylenes is 1. The number of hydrogen-bond acceptors (Lipinski definition) is 3. The number of halogens is 4. The third-order valence-corrected chi connectivity index (χ3v) is 24.1. The van der Waals surface area contributed by atoms with Crippen LogP contribution in [0.1, 0.15) is 244 Å². The molecule has 0 N–H and O–H groups in total. The molecule has 1 unspecified atom stereocenters. The quantitative estimate of drug-likeness (QED) is 0.0459. The first-order valence-electron chi connectivity index (χ1n) is 37.7. The number of ether oxygens (including phenoxy) is 3. The minimum atomic E-state index is -0.658. The smallest absolute Gasteiger partial charge is 0.191 e. The first kappa shape index (κ1) is 70.1. The summed E-state index contributed by atoms with van der Waals surface area (Å²) in [6.45, 7) is 14.1. The molecule has 7 aromatic carbocycles. The highest BCUT2D eigenvalue weighted by Gasteiger charge is 2.49. The number of unbranched alkanes of at least 4 members (excludes halogenated alkanes) is 4. The zero-order valence-corrected chi connectivity index (χ0v) is 58.5. The van der Waals surface area contributed by atoms with Gasteiger partial charge in [0, 0.05) is 23.0 Å². The fourth-order valence-corrected chi connectivity index (χ4v) is 18.1. The number of benzene rings is 7. The Balaban J connectivity index is 0.000000145. The molecular formula is C88H110F4O3. The third-order valence-electron chi connectivity index (χ3n) is 24.1. The maximum atomic E-state index is 15.0. The van der Waals surface area contributed by atoms with Gasteiger partial charge in [-0.3, -0.25) is 0 Å². The second-order valence-electron chi connectivity index (χ2n) is 30.7. The van der Waals surface area contributed by atoms with Crippen LogP contribution >= 0.6 is 0 Å². The van der Waals surface area contributed by atoms with Gasteiger partial charge in [-0.15, -0.1) is 12.3 Å². The molecule has 0 saturated heterocycles. The molecule has 95 heavy (non-hydrogen) atoms. The Kier molecular flexibility index (Phi) is 24.2. The largest absolute Gasteiger partial charge is 0.492 e. The van der Waals surface area contributed by atoms with Gasteiger partial charge in [0.15, 0.2) is 29.0 Å². The molecule has 6 aliphatic carbocycles. The predicted octanol–water partition coefficient (Wildman–Crippen LogP) is 25.7. The van der Waals surface area contributed by atoms with Crippen LogP contribution < -0.4 is 14.2 Å². The van der Waals surface area contributed by atoms with E-state index in [9.17, 15) is 13.2 Å². The summed E-state index contributed by atoms with van der Waals surface area (Å²) in [6.07, 6.45) is 41.2. The first-order valence-corrected chi connectivity index (χ1v) is 37.7. The SMILES string of the molecule is C#CC(CCCCC)Cc1ccc(C2CCC(C3CCC(CCC)CC3)CC2)c(F)c1F.CC1CCC(C2COc3ccc4ccccc4c3-c3c(ccc4ccccc34)OC2)CC1.CCCCCC12CCC(c3ccc(-c4cc(F)c(OC(C)C)c(F)c4)cc3)(CC1)CC2. The normalized spacial score (nSPS) is 24.6. The minimum absolute atomic E-state index is 0.0100. The lowest BCUT2D eigenvalue weighted by molar-refractivity contribution is 0.0305. The molecule has 0 aromatic heterocycles. The summed E-state index contributed by atoms with van der Waals surface area (Å²) in [4.78, 5) is 0. The fraction of sp³-hybridized carbons (Fsp3) is 0.545. The van der Waals surface area contributed by atoms with Crippen molar-refractivity contribution in [3.63, 3.8) is 0 Å². The van der Waals surface area contributed by atoms with Gasteiger partial charge in [0.25, 0.3) is 0 Å². The first-order chi connectivity index (χ1) is 46.2. The van der Waals surface area contributed by atoms with E-state index in [-0.39, 0.29) is 23.7 Å². The number of rotatable bonds is 19. The van der Waals surface area contributed by atoms with Gasteiger partial charge in [-0.1, -0.05) is 202 Å². The Labute approximate surface area is 568 Å². The van der Waals surface area contributed by atoms with Gasteiger partial charge in [0.2, 0.25) is 0 Å². The highest BCUT2D eigenvalue weighted by atomic mass is 19.2. The lowest BCUT2D eigenvalue weighted by Crippen LogP contribution is -2.44. The van der Waals surface area contributed by atoms with Crippen molar-refractivity contribution in [1.29, 1.82) is 0 Å². The topological polar surface area (TPSA) is 27.7 Å². The summed E-state index contributed by atoms with van der Waals surface area (Å²) >= 11 is 0. The van der Waals surface area contributed by atoms with Crippen molar-refractivity contribution in [2.45, 2.75) is 245 Å². The molecule has 6 saturated carbocycles. The van der Waals surface area contributed by atoms with Crippen LogP contribution in [0.2, 0.25) is 0 Å². The lowest BCUT2D eigenvalue weighted by atomic mass is 9.51. The predicted molar refractivity (Wildman–Crippen MR) is 388 cm³/mol. The Morgan fingerprint density at radius 2 is 1.08 bits per heavy atom. The summed E-state index contributed by atoms with van der Waals surface area (Å²) in [5.74, 6) is 6.58. The van der Waals surface area contributed by atoms with Gasteiger partial charge >= 0.3 is 0 Å². The van der Waals surface area contributed by atoms with E-state index in [0.29, 0.717) is 45.8 Å². The highest BCUT2D eigenvalue weighted by molar-refractivity contribution is 6.09. The zero-order valence-electron chi connectivity index (χ0n) is 58.5. The molecular weight excluding hydrogens is 1180 g/mol. The van der Waals surface area contributed by atoms with E-state index >= 15 is 4.39 Å². The molecule has 1 heterocycles. The van der Waals surface area contributed by atoms with Gasteiger partial charge in [0.1, 0.15) is 11.5 Å². The summed E-state index contributed by atoms with van der Waals surface area (Å²) in [5.41, 5.74) is 7.07. The van der Waals surface area contributed by atoms with Crippen molar-refractivity contribution >= 4 is 21.5 Å². The maximum absolute atomic E-state index is 15.0. The van der Waals surface area contributed by atoms with Gasteiger partial charge in [-0.2, -0.15) is 0 Å². The van der Waals surface area contributed by atoms with Gasteiger partial charge in [0.05, 0.1) is 19.3 Å². The number of hydrogen-bond donors (Lipinski definition) is 0. The fourth-order valence-electron chi connectivity index (χ4n) is 18.1. The molecule has 7 heteroatoms. The summed E-state index contributed by atoms with van der Waals surface area (Å²) in [5, 5.41) is 4.89. The van der Waals surface area contributed by atoms with Gasteiger partial charge in [-0.25, -0.2) is 17.6 Å². The molecule has 0 amide bonds. The minimum Gasteiger partial charge on any atom is -0.492 e. The Hall–Kier alpha value is -6.26. The Bertz CT molecular complexity index is 3510. The van der Waals surface area contributed by atoms with Crippen LogP contribution in [0.15, 0.2) is 121 Å². The van der Waals surface area contributed by atoms with E-state index in [0.717, 1.165) is 104 Å². The maximum Gasteiger partial charge on any atom is 0.191 e. The standard InChI is InChI=1S/C30H44F2.C30H30O2.C28H36F2O/c1-4-7-8-10-22(6-3)21-27-19-20-28(30(32)29(27)31)26-17-15-25(16-18-26)24-13-11-23(9-5-2)12-14-24;1-20-10-12-21(13-11-20)24-18-31-27-16-14-22-6-2-4-8-25(22)29(27)30-26-9-5-3-7-23(26)15-17-28(30)32-19-24;1-4-5-6-11-27-12-15-28(16-13-27,17-14-27)23-9-7-21(8-10-23)22-18-24(29)26(25(30)19-22)31-20(2)3/h3,19-20,22-26H,4-5,7-18,21H2,1-2H3;2-9,14-17,20-21,24H,10-13,18-19H2,1H3;7-10,18-20H,4-6,11-17H2,1-3H3. The zero-order chi connectivity index (χ0) is 66.5. The summed E-state index contributed by atoms with van der Waals surface area (Å²) < 4.78 is 77.4. The van der Waals surface area contributed by atoms with Crippen LogP contribution in [0.4, 0.5) is 17.6 Å². The second kappa shape index (κ2) is 32.9. The van der Waals surface area contributed by atoms with Crippen molar-refractivity contribution < 1.29 is 31.8 Å². The van der Waals surface area contributed by atoms with E-state index < -0.39 is 23.3 Å². The second-order valence-corrected chi connectivity index (χ2v) is 30.7. The van der Waals surface area contributed by atoms with Crippen molar-refractivity contribution in [1.82, 2.24) is 0 Å². The molecule has 3 nitrogen and oxygen atoms in total. The van der Waals surface area contributed by atoms with Gasteiger partial charge < -0.3 is 14.2 Å². The van der Waals surface area contributed by atoms with Crippen molar-refractivity contribution in [2.24, 2.45) is 46.8 Å². The van der Waals surface area contributed by atoms with Crippen molar-refractivity contribution in [3.05, 3.63) is 161 Å². The van der Waals surface area contributed by atoms with Gasteiger partial charge in [-0.05, 0) is 243 Å². The average Bonchev–Trinajstić information content (AvgIpc) is 1.48. The Morgan fingerprint density at radius 1 is 0.547 bits per heavy atom. The van der Waals surface area contributed by atoms with Crippen LogP contribution in [-0.2, 0) is 11.8 Å². The molecule has 1 aliphatic heterocycles. The molecule has 7 aliphatic rings. The highest BCUT2D eigenvalue weighted by Crippen LogP contribution is 2.60. The van der Waals surface area contributed by atoms with Crippen LogP contribution in [0.5, 0.6) is 17.2 Å². The lowest BCUT2D eigenvalue weighted by Gasteiger charge is -2.54.